The molecule has 4 aromatic rings. The highest BCUT2D eigenvalue weighted by Gasteiger charge is 2.31. The summed E-state index contributed by atoms with van der Waals surface area (Å²) in [5, 5.41) is 3.26. The van der Waals surface area contributed by atoms with Gasteiger partial charge in [0.1, 0.15) is 0 Å². The van der Waals surface area contributed by atoms with Crippen LogP contribution >= 0.6 is 35.1 Å². The minimum atomic E-state index is -0.306. The van der Waals surface area contributed by atoms with Crippen LogP contribution in [0.4, 0.5) is 17.1 Å². The quantitative estimate of drug-likeness (QED) is 0.258. The first-order valence-electron chi connectivity index (χ1n) is 11.5. The lowest BCUT2D eigenvalue weighted by Crippen LogP contribution is -2.34. The summed E-state index contributed by atoms with van der Waals surface area (Å²) in [4.78, 5) is 31.0. The van der Waals surface area contributed by atoms with E-state index in [1.165, 1.54) is 11.8 Å². The van der Waals surface area contributed by atoms with Gasteiger partial charge in [-0.15, -0.1) is 11.8 Å². The Balaban J connectivity index is 1.26. The molecule has 1 unspecified atom stereocenters. The van der Waals surface area contributed by atoms with Crippen molar-refractivity contribution in [3.05, 3.63) is 108 Å². The zero-order valence-corrected chi connectivity index (χ0v) is 21.9. The Morgan fingerprint density at radius 2 is 1.44 bits per heavy atom. The first kappa shape index (κ1) is 24.5. The number of amides is 2. The standard InChI is InChI=1S/C29H23ClN2O2S2/c1-19(29(34)32-24-6-2-4-8-26(24)36-27-9-5-3-7-25(27)32)35-23-16-14-22(15-17-23)31-28(33)18-20-10-12-21(30)13-11-20/h2-17,19H,18H2,1H3,(H,31,33). The number of nitrogens with zero attached hydrogens (tertiary/aromatic N) is 1. The number of rotatable bonds is 6. The fraction of sp³-hybridized carbons (Fsp3) is 0.103. The topological polar surface area (TPSA) is 49.4 Å². The van der Waals surface area contributed by atoms with Gasteiger partial charge in [-0.3, -0.25) is 14.5 Å². The van der Waals surface area contributed by atoms with Crippen LogP contribution in [0.5, 0.6) is 0 Å². The van der Waals surface area contributed by atoms with Gasteiger partial charge in [0.25, 0.3) is 0 Å². The molecule has 1 aliphatic heterocycles. The van der Waals surface area contributed by atoms with Crippen LogP contribution in [0.2, 0.25) is 5.02 Å². The average Bonchev–Trinajstić information content (AvgIpc) is 2.89. The Kier molecular flexibility index (Phi) is 7.37. The van der Waals surface area contributed by atoms with Gasteiger partial charge in [0.05, 0.1) is 23.0 Å². The lowest BCUT2D eigenvalue weighted by atomic mass is 10.1. The van der Waals surface area contributed by atoms with Gasteiger partial charge in [-0.25, -0.2) is 0 Å². The molecular formula is C29H23ClN2O2S2. The summed E-state index contributed by atoms with van der Waals surface area (Å²) in [5.41, 5.74) is 3.44. The Morgan fingerprint density at radius 3 is 2.06 bits per heavy atom. The zero-order valence-electron chi connectivity index (χ0n) is 19.5. The molecule has 36 heavy (non-hydrogen) atoms. The smallest absolute Gasteiger partial charge is 0.244 e. The van der Waals surface area contributed by atoms with Crippen molar-refractivity contribution in [2.75, 3.05) is 10.2 Å². The first-order valence-corrected chi connectivity index (χ1v) is 13.6. The molecule has 0 saturated carbocycles. The van der Waals surface area contributed by atoms with E-state index in [-0.39, 0.29) is 23.5 Å². The maximum atomic E-state index is 13.7. The number of carbonyl (C=O) groups excluding carboxylic acids is 2. The number of benzene rings is 4. The number of fused-ring (bicyclic) bond motifs is 2. The third-order valence-electron chi connectivity index (χ3n) is 5.73. The molecule has 2 amide bonds. The van der Waals surface area contributed by atoms with Crippen LogP contribution in [0.1, 0.15) is 12.5 Å². The van der Waals surface area contributed by atoms with Crippen LogP contribution < -0.4 is 10.2 Å². The molecule has 180 valence electrons. The maximum absolute atomic E-state index is 13.7. The number of nitrogens with one attached hydrogen (secondary N) is 1. The van der Waals surface area contributed by atoms with Crippen LogP contribution in [0.3, 0.4) is 0 Å². The molecule has 4 aromatic carbocycles. The fourth-order valence-corrected chi connectivity index (χ4v) is 6.08. The summed E-state index contributed by atoms with van der Waals surface area (Å²) < 4.78 is 0. The van der Waals surface area contributed by atoms with E-state index in [2.05, 4.69) is 5.32 Å². The van der Waals surface area contributed by atoms with E-state index in [4.69, 9.17) is 11.6 Å². The second-order valence-corrected chi connectivity index (χ2v) is 11.3. The summed E-state index contributed by atoms with van der Waals surface area (Å²) >= 11 is 9.10. The molecule has 0 aromatic heterocycles. The van der Waals surface area contributed by atoms with E-state index in [1.54, 1.807) is 23.9 Å². The summed E-state index contributed by atoms with van der Waals surface area (Å²) in [6.45, 7) is 1.93. The molecule has 1 heterocycles. The molecule has 0 saturated heterocycles. The van der Waals surface area contributed by atoms with Crippen LogP contribution in [-0.2, 0) is 16.0 Å². The first-order chi connectivity index (χ1) is 17.5. The molecule has 7 heteroatoms. The van der Waals surface area contributed by atoms with Gasteiger partial charge >= 0.3 is 0 Å². The monoisotopic (exact) mass is 530 g/mol. The average molecular weight is 531 g/mol. The van der Waals surface area contributed by atoms with Crippen molar-refractivity contribution in [2.24, 2.45) is 0 Å². The lowest BCUT2D eigenvalue weighted by molar-refractivity contribution is -0.117. The normalized spacial score (nSPS) is 12.9. The predicted octanol–water partition coefficient (Wildman–Crippen LogP) is 7.83. The molecular weight excluding hydrogens is 508 g/mol. The molecule has 4 nitrogen and oxygen atoms in total. The highest BCUT2D eigenvalue weighted by atomic mass is 35.5. The number of thioether (sulfide) groups is 1. The highest BCUT2D eigenvalue weighted by molar-refractivity contribution is 8.00. The largest absolute Gasteiger partial charge is 0.326 e. The van der Waals surface area contributed by atoms with Gasteiger partial charge in [-0.2, -0.15) is 0 Å². The molecule has 1 atom stereocenters. The SMILES string of the molecule is CC(Sc1ccc(NC(=O)Cc2ccc(Cl)cc2)cc1)C(=O)N1c2ccccc2Sc2ccccc21. The Labute approximate surface area is 224 Å². The molecule has 0 bridgehead atoms. The molecule has 0 spiro atoms. The second-order valence-electron chi connectivity index (χ2n) is 8.35. The van der Waals surface area contributed by atoms with Crippen molar-refractivity contribution in [1.82, 2.24) is 0 Å². The summed E-state index contributed by atoms with van der Waals surface area (Å²) in [6.07, 6.45) is 0.274. The van der Waals surface area contributed by atoms with Gasteiger partial charge in [0.2, 0.25) is 11.8 Å². The Hall–Kier alpha value is -3.19. The summed E-state index contributed by atoms with van der Waals surface area (Å²) in [7, 11) is 0. The molecule has 0 fully saturated rings. The summed E-state index contributed by atoms with van der Waals surface area (Å²) in [6, 6.07) is 30.8. The third kappa shape index (κ3) is 5.46. The van der Waals surface area contributed by atoms with Gasteiger partial charge in [0.15, 0.2) is 0 Å². The number of halogens is 1. The zero-order chi connectivity index (χ0) is 25.1. The van der Waals surface area contributed by atoms with E-state index >= 15 is 0 Å². The van der Waals surface area contributed by atoms with Gasteiger partial charge in [-0.1, -0.05) is 59.8 Å². The van der Waals surface area contributed by atoms with Crippen LogP contribution in [-0.4, -0.2) is 17.1 Å². The van der Waals surface area contributed by atoms with Crippen LogP contribution in [0.15, 0.2) is 112 Å². The van der Waals surface area contributed by atoms with Crippen molar-refractivity contribution in [2.45, 2.75) is 33.3 Å². The minimum absolute atomic E-state index is 0.0283. The highest BCUT2D eigenvalue weighted by Crippen LogP contribution is 2.48. The van der Waals surface area contributed by atoms with Crippen LogP contribution in [0.25, 0.3) is 0 Å². The molecule has 5 rings (SSSR count). The fourth-order valence-electron chi connectivity index (χ4n) is 3.99. The Morgan fingerprint density at radius 1 is 0.861 bits per heavy atom. The predicted molar refractivity (Wildman–Crippen MR) is 150 cm³/mol. The van der Waals surface area contributed by atoms with E-state index in [0.29, 0.717) is 10.7 Å². The van der Waals surface area contributed by atoms with Crippen molar-refractivity contribution in [1.29, 1.82) is 0 Å². The van der Waals surface area contributed by atoms with E-state index in [9.17, 15) is 9.59 Å². The van der Waals surface area contributed by atoms with Gasteiger partial charge in [-0.05, 0) is 73.2 Å². The lowest BCUT2D eigenvalue weighted by Gasteiger charge is -2.32. The number of hydrogen-bond donors (Lipinski definition) is 1. The maximum Gasteiger partial charge on any atom is 0.244 e. The van der Waals surface area contributed by atoms with Crippen molar-refractivity contribution >= 4 is 64.0 Å². The second kappa shape index (κ2) is 10.8. The van der Waals surface area contributed by atoms with Gasteiger partial charge < -0.3 is 5.32 Å². The van der Waals surface area contributed by atoms with Crippen molar-refractivity contribution in [3.8, 4) is 0 Å². The van der Waals surface area contributed by atoms with Crippen molar-refractivity contribution in [3.63, 3.8) is 0 Å². The van der Waals surface area contributed by atoms with E-state index in [1.807, 2.05) is 96.8 Å². The van der Waals surface area contributed by atoms with E-state index in [0.717, 1.165) is 31.6 Å². The third-order valence-corrected chi connectivity index (χ3v) is 8.21. The van der Waals surface area contributed by atoms with E-state index < -0.39 is 0 Å². The Bertz CT molecular complexity index is 1360. The minimum Gasteiger partial charge on any atom is -0.326 e. The summed E-state index contributed by atoms with van der Waals surface area (Å²) in [5.74, 6) is -0.0675. The van der Waals surface area contributed by atoms with Crippen LogP contribution in [0, 0.1) is 0 Å². The molecule has 1 N–H and O–H groups in total. The van der Waals surface area contributed by atoms with Crippen molar-refractivity contribution < 1.29 is 9.59 Å². The number of anilines is 3. The molecule has 1 aliphatic rings. The molecule has 0 radical (unpaired) electrons. The number of para-hydroxylation sites is 2. The number of hydrogen-bond acceptors (Lipinski definition) is 4. The molecule has 0 aliphatic carbocycles. The van der Waals surface area contributed by atoms with Gasteiger partial charge in [0, 0.05) is 25.4 Å². The number of carbonyl (C=O) groups is 2.